The molecule has 0 spiro atoms. The predicted molar refractivity (Wildman–Crippen MR) is 80.6 cm³/mol. The molecule has 0 aromatic heterocycles. The van der Waals surface area contributed by atoms with Crippen LogP contribution in [0.1, 0.15) is 17.5 Å². The molecular weight excluding hydrogens is 350 g/mol. The molecule has 0 unspecified atom stereocenters. The smallest absolute Gasteiger partial charge is 0.550 e. The van der Waals surface area contributed by atoms with Gasteiger partial charge in [-0.1, -0.05) is 41.4 Å². The van der Waals surface area contributed by atoms with E-state index in [0.29, 0.717) is 28.8 Å². The SMILES string of the molecule is O=C([O-])CCc1ccc(OCc2ccc(Cl)cc2)cc1Cl.[K+]. The van der Waals surface area contributed by atoms with E-state index in [0.717, 1.165) is 11.1 Å². The summed E-state index contributed by atoms with van der Waals surface area (Å²) in [5.74, 6) is -0.457. The van der Waals surface area contributed by atoms with Gasteiger partial charge in [0.05, 0.1) is 0 Å². The number of hydrogen-bond acceptors (Lipinski definition) is 3. The van der Waals surface area contributed by atoms with E-state index in [2.05, 4.69) is 0 Å². The molecule has 3 nitrogen and oxygen atoms in total. The van der Waals surface area contributed by atoms with Gasteiger partial charge in [-0.15, -0.1) is 0 Å². The van der Waals surface area contributed by atoms with Gasteiger partial charge in [0, 0.05) is 16.0 Å². The Morgan fingerprint density at radius 3 is 2.36 bits per heavy atom. The number of rotatable bonds is 6. The number of hydrogen-bond donors (Lipinski definition) is 0. The first-order valence-corrected chi connectivity index (χ1v) is 7.16. The Morgan fingerprint density at radius 2 is 1.77 bits per heavy atom. The summed E-state index contributed by atoms with van der Waals surface area (Å²) in [6, 6.07) is 12.6. The third kappa shape index (κ3) is 6.58. The van der Waals surface area contributed by atoms with Crippen LogP contribution in [0.3, 0.4) is 0 Å². The Morgan fingerprint density at radius 1 is 1.09 bits per heavy atom. The number of carbonyl (C=O) groups is 1. The molecule has 0 radical (unpaired) electrons. The van der Waals surface area contributed by atoms with E-state index in [1.807, 2.05) is 12.1 Å². The van der Waals surface area contributed by atoms with Crippen LogP contribution < -0.4 is 61.2 Å². The van der Waals surface area contributed by atoms with Crippen LogP contribution in [0.2, 0.25) is 10.0 Å². The van der Waals surface area contributed by atoms with E-state index >= 15 is 0 Å². The molecule has 22 heavy (non-hydrogen) atoms. The van der Waals surface area contributed by atoms with Gasteiger partial charge in [-0.3, -0.25) is 0 Å². The predicted octanol–water partition coefficient (Wildman–Crippen LogP) is 0.259. The second-order valence-electron chi connectivity index (χ2n) is 4.54. The Labute approximate surface area is 182 Å². The van der Waals surface area contributed by atoms with Crippen molar-refractivity contribution in [2.24, 2.45) is 0 Å². The Hall–Kier alpha value is -0.0736. The number of aliphatic carboxylic acids is 1. The van der Waals surface area contributed by atoms with Crippen LogP contribution in [0, 0.1) is 0 Å². The molecule has 0 atom stereocenters. The van der Waals surface area contributed by atoms with Crippen molar-refractivity contribution >= 4 is 29.2 Å². The van der Waals surface area contributed by atoms with Gasteiger partial charge in [-0.05, 0) is 48.2 Å². The van der Waals surface area contributed by atoms with E-state index in [-0.39, 0.29) is 57.8 Å². The van der Waals surface area contributed by atoms with Crippen molar-refractivity contribution in [1.29, 1.82) is 0 Å². The van der Waals surface area contributed by atoms with Gasteiger partial charge in [0.2, 0.25) is 0 Å². The van der Waals surface area contributed by atoms with Crippen LogP contribution in [0.25, 0.3) is 0 Å². The standard InChI is InChI=1S/C16H14Cl2O3.K/c17-13-5-1-11(2-6-13)10-21-14-7-3-12(15(18)9-14)4-8-16(19)20;/h1-3,5-7,9H,4,8,10H2,(H,19,20);/q;+1/p-1. The topological polar surface area (TPSA) is 49.4 Å². The number of aryl methyl sites for hydroxylation is 1. The molecule has 0 aliphatic rings. The number of carboxylic acid groups (broad SMARTS) is 1. The van der Waals surface area contributed by atoms with Crippen molar-refractivity contribution in [3.63, 3.8) is 0 Å². The van der Waals surface area contributed by atoms with E-state index < -0.39 is 5.97 Å². The first kappa shape index (κ1) is 20.0. The van der Waals surface area contributed by atoms with Crippen molar-refractivity contribution in [2.45, 2.75) is 19.4 Å². The van der Waals surface area contributed by atoms with Crippen molar-refractivity contribution in [2.75, 3.05) is 0 Å². The summed E-state index contributed by atoms with van der Waals surface area (Å²) in [5, 5.41) is 11.6. The second-order valence-corrected chi connectivity index (χ2v) is 5.38. The maximum atomic E-state index is 10.4. The van der Waals surface area contributed by atoms with E-state index in [4.69, 9.17) is 27.9 Å². The number of benzene rings is 2. The molecule has 0 bridgehead atoms. The van der Waals surface area contributed by atoms with Crippen molar-refractivity contribution in [1.82, 2.24) is 0 Å². The van der Waals surface area contributed by atoms with Crippen LogP contribution in [-0.4, -0.2) is 5.97 Å². The summed E-state index contributed by atoms with van der Waals surface area (Å²) in [6.07, 6.45) is 0.295. The number of halogens is 2. The Bertz CT molecular complexity index is 630. The maximum absolute atomic E-state index is 10.4. The quantitative estimate of drug-likeness (QED) is 0.692. The average molecular weight is 363 g/mol. The van der Waals surface area contributed by atoms with Gasteiger partial charge in [0.1, 0.15) is 12.4 Å². The molecule has 0 amide bonds. The maximum Gasteiger partial charge on any atom is 1.00 e. The summed E-state index contributed by atoms with van der Waals surface area (Å²) < 4.78 is 5.64. The third-order valence-electron chi connectivity index (χ3n) is 2.94. The monoisotopic (exact) mass is 362 g/mol. The van der Waals surface area contributed by atoms with E-state index in [1.54, 1.807) is 30.3 Å². The average Bonchev–Trinajstić information content (AvgIpc) is 2.45. The second kappa shape index (κ2) is 9.93. The fourth-order valence-electron chi connectivity index (χ4n) is 1.80. The molecule has 2 rings (SSSR count). The van der Waals surface area contributed by atoms with Crippen molar-refractivity contribution in [3.8, 4) is 5.75 Å². The van der Waals surface area contributed by atoms with Gasteiger partial charge in [-0.2, -0.15) is 0 Å². The van der Waals surface area contributed by atoms with Gasteiger partial charge in [-0.25, -0.2) is 0 Å². The molecule has 0 aliphatic heterocycles. The Kier molecular flexibility index (Phi) is 9.01. The first-order chi connectivity index (χ1) is 10.0. The largest absolute Gasteiger partial charge is 1.00 e. The molecule has 0 fully saturated rings. The molecule has 110 valence electrons. The molecule has 0 aliphatic carbocycles. The minimum Gasteiger partial charge on any atom is -0.550 e. The molecule has 0 saturated heterocycles. The van der Waals surface area contributed by atoms with E-state index in [1.165, 1.54) is 0 Å². The molecule has 0 heterocycles. The summed E-state index contributed by atoms with van der Waals surface area (Å²) in [5.41, 5.74) is 1.76. The minimum atomic E-state index is -1.09. The van der Waals surface area contributed by atoms with Gasteiger partial charge in [0.25, 0.3) is 0 Å². The summed E-state index contributed by atoms with van der Waals surface area (Å²) >= 11 is 11.9. The Balaban J connectivity index is 0.00000242. The summed E-state index contributed by atoms with van der Waals surface area (Å²) in [7, 11) is 0. The van der Waals surface area contributed by atoms with Crippen LogP contribution in [0.15, 0.2) is 42.5 Å². The van der Waals surface area contributed by atoms with Crippen molar-refractivity contribution < 1.29 is 66.0 Å². The zero-order valence-corrected chi connectivity index (χ0v) is 16.8. The zero-order valence-electron chi connectivity index (χ0n) is 12.1. The van der Waals surface area contributed by atoms with Crippen LogP contribution in [0.4, 0.5) is 0 Å². The third-order valence-corrected chi connectivity index (χ3v) is 3.55. The molecule has 2 aromatic carbocycles. The molecule has 0 saturated carbocycles. The number of carbonyl (C=O) groups excluding carboxylic acids is 1. The van der Waals surface area contributed by atoms with Gasteiger partial charge < -0.3 is 14.6 Å². The van der Waals surface area contributed by atoms with Gasteiger partial charge in [0.15, 0.2) is 0 Å². The minimum absolute atomic E-state index is 0. The van der Waals surface area contributed by atoms with Crippen LogP contribution in [-0.2, 0) is 17.8 Å². The molecule has 0 N–H and O–H groups in total. The molecule has 2 aromatic rings. The summed E-state index contributed by atoms with van der Waals surface area (Å²) in [4.78, 5) is 10.4. The van der Waals surface area contributed by atoms with Crippen LogP contribution >= 0.6 is 23.2 Å². The van der Waals surface area contributed by atoms with Crippen LogP contribution in [0.5, 0.6) is 5.75 Å². The molecular formula is C16H13Cl2KO3. The van der Waals surface area contributed by atoms with Gasteiger partial charge >= 0.3 is 51.4 Å². The number of carboxylic acids is 1. The van der Waals surface area contributed by atoms with Crippen molar-refractivity contribution in [3.05, 3.63) is 63.6 Å². The fraction of sp³-hybridized carbons (Fsp3) is 0.188. The fourth-order valence-corrected chi connectivity index (χ4v) is 2.20. The zero-order chi connectivity index (χ0) is 15.2. The summed E-state index contributed by atoms with van der Waals surface area (Å²) in [6.45, 7) is 0.409. The number of ether oxygens (including phenoxy) is 1. The van der Waals surface area contributed by atoms with E-state index in [9.17, 15) is 9.90 Å². The normalized spacial score (nSPS) is 9.91. The molecule has 6 heteroatoms. The first-order valence-electron chi connectivity index (χ1n) is 6.40.